The fraction of sp³-hybridized carbons (Fsp3) is 0.368. The topological polar surface area (TPSA) is 39.8 Å². The van der Waals surface area contributed by atoms with Gasteiger partial charge in [0.05, 0.1) is 0 Å². The molecule has 0 N–H and O–H groups in total. The first-order valence-electron chi connectivity index (χ1n) is 8.32. The molecule has 1 unspecified atom stereocenters. The number of rotatable bonds is 3. The number of para-hydroxylation sites is 1. The number of benzene rings is 1. The molecule has 4 heteroatoms. The lowest BCUT2D eigenvalue weighted by atomic mass is 9.85. The van der Waals surface area contributed by atoms with Gasteiger partial charge in [0, 0.05) is 53.6 Å². The predicted octanol–water partition coefficient (Wildman–Crippen LogP) is 3.61. The van der Waals surface area contributed by atoms with Gasteiger partial charge in [0.15, 0.2) is 5.78 Å². The Morgan fingerprint density at radius 2 is 2.13 bits per heavy atom. The van der Waals surface area contributed by atoms with Crippen LogP contribution in [0.5, 0.6) is 0 Å². The Bertz CT molecular complexity index is 887. The lowest BCUT2D eigenvalue weighted by Gasteiger charge is -2.23. The van der Waals surface area contributed by atoms with Crippen LogP contribution in [0.3, 0.4) is 0 Å². The monoisotopic (exact) mass is 307 g/mol. The molecule has 0 fully saturated rings. The molecule has 118 valence electrons. The molecule has 1 aromatic carbocycles. The Morgan fingerprint density at radius 1 is 1.30 bits per heavy atom. The Labute approximate surface area is 135 Å². The van der Waals surface area contributed by atoms with E-state index in [9.17, 15) is 4.79 Å². The third kappa shape index (κ3) is 2.12. The number of nitrogens with zero attached hydrogens (tertiary/aromatic N) is 3. The molecule has 0 radical (unpaired) electrons. The smallest absolute Gasteiger partial charge is 0.170 e. The number of aromatic nitrogens is 3. The Kier molecular flexibility index (Phi) is 3.33. The standard InChI is InChI=1S/C19H21N3O/c1-3-22-16-7-5-4-6-15(16)18-17(22)9-8-14(19(18)23)12-21-11-10-20-13(21)2/h4-7,10-11,14H,3,8-9,12H2,1-2H3. The molecule has 0 bridgehead atoms. The van der Waals surface area contributed by atoms with E-state index in [2.05, 4.69) is 39.2 Å². The maximum absolute atomic E-state index is 13.2. The highest BCUT2D eigenvalue weighted by Gasteiger charge is 2.32. The predicted molar refractivity (Wildman–Crippen MR) is 90.7 cm³/mol. The van der Waals surface area contributed by atoms with E-state index < -0.39 is 0 Å². The number of carbonyl (C=O) groups excluding carboxylic acids is 1. The summed E-state index contributed by atoms with van der Waals surface area (Å²) in [6.07, 6.45) is 5.66. The largest absolute Gasteiger partial charge is 0.344 e. The van der Waals surface area contributed by atoms with Crippen LogP contribution in [0.25, 0.3) is 10.9 Å². The summed E-state index contributed by atoms with van der Waals surface area (Å²) >= 11 is 0. The minimum absolute atomic E-state index is 0.0477. The molecular formula is C19H21N3O. The Hall–Kier alpha value is -2.36. The molecular weight excluding hydrogens is 286 g/mol. The van der Waals surface area contributed by atoms with E-state index in [0.29, 0.717) is 5.78 Å². The number of Topliss-reactive ketones (excluding diaryl/α,β-unsaturated/α-hetero) is 1. The molecule has 0 amide bonds. The van der Waals surface area contributed by atoms with Gasteiger partial charge in [-0.15, -0.1) is 0 Å². The second-order valence-electron chi connectivity index (χ2n) is 6.31. The summed E-state index contributed by atoms with van der Waals surface area (Å²) in [5, 5.41) is 1.11. The van der Waals surface area contributed by atoms with Gasteiger partial charge in [-0.3, -0.25) is 4.79 Å². The maximum Gasteiger partial charge on any atom is 0.170 e. The Balaban J connectivity index is 1.78. The highest BCUT2D eigenvalue weighted by atomic mass is 16.1. The van der Waals surface area contributed by atoms with Gasteiger partial charge in [-0.1, -0.05) is 18.2 Å². The first-order chi connectivity index (χ1) is 11.2. The van der Waals surface area contributed by atoms with Crippen molar-refractivity contribution in [3.05, 3.63) is 53.7 Å². The molecule has 2 aromatic heterocycles. The van der Waals surface area contributed by atoms with Gasteiger partial charge in [-0.25, -0.2) is 4.98 Å². The lowest BCUT2D eigenvalue weighted by Crippen LogP contribution is -2.27. The maximum atomic E-state index is 13.2. The number of carbonyl (C=O) groups is 1. The van der Waals surface area contributed by atoms with Gasteiger partial charge >= 0.3 is 0 Å². The zero-order valence-corrected chi connectivity index (χ0v) is 13.6. The molecule has 1 aliphatic rings. The Morgan fingerprint density at radius 3 is 2.87 bits per heavy atom. The van der Waals surface area contributed by atoms with Crippen molar-refractivity contribution in [2.24, 2.45) is 5.92 Å². The number of hydrogen-bond acceptors (Lipinski definition) is 2. The van der Waals surface area contributed by atoms with Crippen LogP contribution in [-0.4, -0.2) is 19.9 Å². The molecule has 0 spiro atoms. The van der Waals surface area contributed by atoms with Crippen LogP contribution in [0.2, 0.25) is 0 Å². The van der Waals surface area contributed by atoms with Crippen molar-refractivity contribution in [2.45, 2.75) is 39.8 Å². The zero-order chi connectivity index (χ0) is 16.0. The second-order valence-corrected chi connectivity index (χ2v) is 6.31. The van der Waals surface area contributed by atoms with Crippen molar-refractivity contribution in [1.82, 2.24) is 14.1 Å². The number of aryl methyl sites for hydroxylation is 2. The lowest BCUT2D eigenvalue weighted by molar-refractivity contribution is 0.0888. The summed E-state index contributed by atoms with van der Waals surface area (Å²) < 4.78 is 4.40. The van der Waals surface area contributed by atoms with Crippen LogP contribution in [0.4, 0.5) is 0 Å². The average molecular weight is 307 g/mol. The molecule has 1 aliphatic carbocycles. The van der Waals surface area contributed by atoms with Gasteiger partial charge in [-0.2, -0.15) is 0 Å². The molecule has 1 atom stereocenters. The number of hydrogen-bond donors (Lipinski definition) is 0. The van der Waals surface area contributed by atoms with Crippen molar-refractivity contribution in [2.75, 3.05) is 0 Å². The highest BCUT2D eigenvalue weighted by molar-refractivity contribution is 6.11. The van der Waals surface area contributed by atoms with E-state index in [1.165, 1.54) is 11.2 Å². The van der Waals surface area contributed by atoms with E-state index in [1.54, 1.807) is 6.20 Å². The van der Waals surface area contributed by atoms with Gasteiger partial charge in [0.25, 0.3) is 0 Å². The summed E-state index contributed by atoms with van der Waals surface area (Å²) in [6, 6.07) is 8.29. The van der Waals surface area contributed by atoms with E-state index in [1.807, 2.05) is 19.2 Å². The number of imidazole rings is 1. The van der Waals surface area contributed by atoms with Crippen molar-refractivity contribution in [3.63, 3.8) is 0 Å². The molecule has 4 rings (SSSR count). The van der Waals surface area contributed by atoms with Gasteiger partial charge < -0.3 is 9.13 Å². The minimum atomic E-state index is 0.0477. The molecule has 0 saturated heterocycles. The molecule has 4 nitrogen and oxygen atoms in total. The van der Waals surface area contributed by atoms with E-state index in [4.69, 9.17) is 0 Å². The summed E-state index contributed by atoms with van der Waals surface area (Å²) in [6.45, 7) is 5.78. The first kappa shape index (κ1) is 14.2. The van der Waals surface area contributed by atoms with Gasteiger partial charge in [-0.05, 0) is 32.8 Å². The van der Waals surface area contributed by atoms with Crippen LogP contribution < -0.4 is 0 Å². The van der Waals surface area contributed by atoms with Crippen molar-refractivity contribution in [1.29, 1.82) is 0 Å². The third-order valence-corrected chi connectivity index (χ3v) is 5.08. The third-order valence-electron chi connectivity index (χ3n) is 5.08. The van der Waals surface area contributed by atoms with Crippen LogP contribution in [0.1, 0.15) is 35.2 Å². The summed E-state index contributed by atoms with van der Waals surface area (Å²) in [7, 11) is 0. The zero-order valence-electron chi connectivity index (χ0n) is 13.6. The van der Waals surface area contributed by atoms with E-state index in [0.717, 1.165) is 42.7 Å². The average Bonchev–Trinajstić information content (AvgIpc) is 3.11. The fourth-order valence-corrected chi connectivity index (χ4v) is 3.91. The van der Waals surface area contributed by atoms with Crippen LogP contribution in [0.15, 0.2) is 36.7 Å². The minimum Gasteiger partial charge on any atom is -0.344 e. The van der Waals surface area contributed by atoms with Gasteiger partial charge in [0.1, 0.15) is 5.82 Å². The normalized spacial score (nSPS) is 17.7. The van der Waals surface area contributed by atoms with Crippen LogP contribution in [0, 0.1) is 12.8 Å². The first-order valence-corrected chi connectivity index (χ1v) is 8.32. The van der Waals surface area contributed by atoms with Crippen molar-refractivity contribution in [3.8, 4) is 0 Å². The molecule has 23 heavy (non-hydrogen) atoms. The molecule has 0 aliphatic heterocycles. The summed E-state index contributed by atoms with van der Waals surface area (Å²) in [5.74, 6) is 1.31. The molecule has 2 heterocycles. The van der Waals surface area contributed by atoms with Crippen molar-refractivity contribution >= 4 is 16.7 Å². The highest BCUT2D eigenvalue weighted by Crippen LogP contribution is 2.35. The van der Waals surface area contributed by atoms with Crippen LogP contribution in [-0.2, 0) is 19.5 Å². The fourth-order valence-electron chi connectivity index (χ4n) is 3.91. The summed E-state index contributed by atoms with van der Waals surface area (Å²) in [4.78, 5) is 17.4. The second kappa shape index (κ2) is 5.37. The summed E-state index contributed by atoms with van der Waals surface area (Å²) in [5.41, 5.74) is 3.36. The van der Waals surface area contributed by atoms with E-state index >= 15 is 0 Å². The van der Waals surface area contributed by atoms with E-state index in [-0.39, 0.29) is 5.92 Å². The molecule has 0 saturated carbocycles. The van der Waals surface area contributed by atoms with Gasteiger partial charge in [0.2, 0.25) is 0 Å². The quantitative estimate of drug-likeness (QED) is 0.741. The number of ketones is 1. The van der Waals surface area contributed by atoms with Crippen LogP contribution >= 0.6 is 0 Å². The SMILES string of the molecule is CCn1c2c(c3ccccc31)C(=O)C(Cn1ccnc1C)CC2. The number of fused-ring (bicyclic) bond motifs is 3. The van der Waals surface area contributed by atoms with Crippen molar-refractivity contribution < 1.29 is 4.79 Å². The molecule has 3 aromatic rings.